The van der Waals surface area contributed by atoms with Crippen LogP contribution in [0.2, 0.25) is 0 Å². The monoisotopic (exact) mass is 600 g/mol. The number of carbonyl (C=O) groups excluding carboxylic acids is 1. The maximum Gasteiger partial charge on any atom is 0.341 e. The van der Waals surface area contributed by atoms with Gasteiger partial charge in [0, 0.05) is 12.6 Å². The summed E-state index contributed by atoms with van der Waals surface area (Å²) in [5.41, 5.74) is 23.1. The first-order chi connectivity index (χ1) is 19.4. The van der Waals surface area contributed by atoms with Crippen LogP contribution in [0.4, 0.5) is 4.79 Å². The molecule has 0 radical (unpaired) electrons. The van der Waals surface area contributed by atoms with Gasteiger partial charge in [-0.1, -0.05) is 0 Å². The minimum Gasteiger partial charge on any atom is -0.394 e. The maximum absolute atomic E-state index is 12.6. The normalized spacial score (nSPS) is 45.3. The van der Waals surface area contributed by atoms with Crippen LogP contribution in [0.15, 0.2) is 0 Å². The molecule has 17 N–H and O–H groups in total. The number of nitrogens with two attached hydrogens (primary N) is 4. The molecular weight excluding hydrogens is 556 g/mol. The van der Waals surface area contributed by atoms with E-state index in [9.17, 15) is 45.7 Å². The molecule has 0 unspecified atom stereocenters. The number of urea groups is 1. The number of ether oxygens (including phenoxy) is 4. The molecule has 1 saturated carbocycles. The van der Waals surface area contributed by atoms with Crippen molar-refractivity contribution in [3.63, 3.8) is 0 Å². The van der Waals surface area contributed by atoms with Gasteiger partial charge in [-0.15, -0.1) is 0 Å². The van der Waals surface area contributed by atoms with Crippen LogP contribution in [0.3, 0.4) is 0 Å². The molecule has 2 heterocycles. The van der Waals surface area contributed by atoms with Gasteiger partial charge in [-0.2, -0.15) is 0 Å². The van der Waals surface area contributed by atoms with Gasteiger partial charge < -0.3 is 82.9 Å². The largest absolute Gasteiger partial charge is 0.394 e. The van der Waals surface area contributed by atoms with E-state index in [4.69, 9.17) is 41.9 Å². The van der Waals surface area contributed by atoms with Crippen LogP contribution in [0.5, 0.6) is 0 Å². The molecule has 0 spiro atoms. The van der Waals surface area contributed by atoms with Gasteiger partial charge in [0.15, 0.2) is 12.6 Å². The Morgan fingerprint density at radius 2 is 1.46 bits per heavy atom. The zero-order valence-electron chi connectivity index (χ0n) is 22.3. The van der Waals surface area contributed by atoms with E-state index in [0.717, 1.165) is 0 Å². The highest BCUT2D eigenvalue weighted by atomic mass is 16.7. The van der Waals surface area contributed by atoms with E-state index in [1.54, 1.807) is 0 Å². The van der Waals surface area contributed by atoms with Crippen molar-refractivity contribution in [2.75, 3.05) is 26.2 Å². The number of aliphatic hydroxyl groups is 7. The predicted molar refractivity (Wildman–Crippen MR) is 134 cm³/mol. The molecule has 2 aliphatic heterocycles. The van der Waals surface area contributed by atoms with E-state index in [-0.39, 0.29) is 32.5 Å². The van der Waals surface area contributed by atoms with Crippen LogP contribution in [0, 0.1) is 0 Å². The van der Waals surface area contributed by atoms with Crippen molar-refractivity contribution < 1.29 is 64.7 Å². The van der Waals surface area contributed by atoms with Crippen molar-refractivity contribution in [3.8, 4) is 0 Å². The highest BCUT2D eigenvalue weighted by Gasteiger charge is 2.52. The third-order valence-electron chi connectivity index (χ3n) is 7.56. The maximum atomic E-state index is 12.6. The highest BCUT2D eigenvalue weighted by Crippen LogP contribution is 2.32. The van der Waals surface area contributed by atoms with Crippen molar-refractivity contribution in [2.45, 2.75) is 105 Å². The first-order valence-corrected chi connectivity index (χ1v) is 13.3. The molecule has 19 nitrogen and oxygen atoms in total. The molecule has 3 aliphatic rings. The third-order valence-corrected chi connectivity index (χ3v) is 7.56. The summed E-state index contributed by atoms with van der Waals surface area (Å²) in [7, 11) is 0. The van der Waals surface area contributed by atoms with E-state index in [1.165, 1.54) is 0 Å². The van der Waals surface area contributed by atoms with Crippen LogP contribution in [0.1, 0.15) is 12.8 Å². The van der Waals surface area contributed by atoms with E-state index < -0.39 is 104 Å². The topological polar surface area (TPSA) is 335 Å². The fourth-order valence-corrected chi connectivity index (χ4v) is 5.07. The Balaban J connectivity index is 1.84. The van der Waals surface area contributed by atoms with Crippen LogP contribution >= 0.6 is 0 Å². The zero-order chi connectivity index (χ0) is 30.6. The Kier molecular flexibility index (Phi) is 12.4. The van der Waals surface area contributed by atoms with Crippen LogP contribution in [-0.2, 0) is 18.9 Å². The van der Waals surface area contributed by atoms with Gasteiger partial charge in [0.2, 0.25) is 0 Å². The van der Waals surface area contributed by atoms with Gasteiger partial charge in [-0.3, -0.25) is 5.21 Å². The van der Waals surface area contributed by atoms with Gasteiger partial charge in [0.25, 0.3) is 0 Å². The molecule has 41 heavy (non-hydrogen) atoms. The summed E-state index contributed by atoms with van der Waals surface area (Å²) in [6.07, 6.45) is -18.1. The summed E-state index contributed by atoms with van der Waals surface area (Å²) < 4.78 is 22.5. The van der Waals surface area contributed by atoms with Gasteiger partial charge in [0.05, 0.1) is 25.2 Å². The average molecular weight is 601 g/mol. The Bertz CT molecular complexity index is 833. The first-order valence-electron chi connectivity index (χ1n) is 13.3. The molecule has 0 aromatic rings. The summed E-state index contributed by atoms with van der Waals surface area (Å²) in [6, 6.07) is -4.48. The zero-order valence-corrected chi connectivity index (χ0v) is 22.3. The standard InChI is InChI=1S/C22H44N6O13/c23-2-1-3-28(37)22(36)27-8-4-7(25)18(40-21-16(34)15(33)13(31)9(5-24)38-21)17(35)19(8)41-20-14(32)11(26)12(30)10(6-29)39-20/h7-21,29-35,37H,1-6,23-26H2,(H,27,36)/t7-,8+,9+,10-,11+,12-,13+,14-,15-,16+,17-,18+,19-,20-,21+/m0/s1. The lowest BCUT2D eigenvalue weighted by Gasteiger charge is -2.48. The lowest BCUT2D eigenvalue weighted by molar-refractivity contribution is -0.332. The van der Waals surface area contributed by atoms with Crippen molar-refractivity contribution >= 4 is 6.03 Å². The van der Waals surface area contributed by atoms with E-state index in [1.807, 2.05) is 0 Å². The lowest BCUT2D eigenvalue weighted by atomic mass is 9.83. The lowest BCUT2D eigenvalue weighted by Crippen LogP contribution is -2.69. The molecule has 3 fully saturated rings. The predicted octanol–water partition coefficient (Wildman–Crippen LogP) is -7.50. The van der Waals surface area contributed by atoms with Gasteiger partial charge in [-0.25, -0.2) is 9.86 Å². The fourth-order valence-electron chi connectivity index (χ4n) is 5.07. The number of nitrogens with one attached hydrogen (secondary N) is 1. The molecule has 19 heteroatoms. The molecule has 1 aliphatic carbocycles. The van der Waals surface area contributed by atoms with Crippen molar-refractivity contribution in [2.24, 2.45) is 22.9 Å². The number of aliphatic hydroxyl groups excluding tert-OH is 7. The molecule has 240 valence electrons. The van der Waals surface area contributed by atoms with Crippen LogP contribution in [0.25, 0.3) is 0 Å². The molecule has 15 atom stereocenters. The molecule has 0 aromatic heterocycles. The van der Waals surface area contributed by atoms with E-state index >= 15 is 0 Å². The van der Waals surface area contributed by atoms with Crippen LogP contribution in [-0.4, -0.2) is 170 Å². The number of hydrogen-bond acceptors (Lipinski definition) is 17. The SMILES string of the molecule is NCCCN(O)C(=O)N[C@@H]1C[C@H](N)[C@@H](O[C@H]2O[C@H](CN)[C@@H](O)[C@H](O)[C@H]2O)[C@H](O)[C@H]1O[C@@H]1O[C@@H](CO)[C@H](O)[C@@H](N)[C@@H]1O. The summed E-state index contributed by atoms with van der Waals surface area (Å²) in [4.78, 5) is 12.6. The average Bonchev–Trinajstić information content (AvgIpc) is 2.95. The number of carbonyl (C=O) groups is 1. The van der Waals surface area contributed by atoms with Gasteiger partial charge in [0.1, 0.15) is 61.0 Å². The van der Waals surface area contributed by atoms with Crippen molar-refractivity contribution in [1.29, 1.82) is 0 Å². The quantitative estimate of drug-likeness (QED) is 0.0817. The van der Waals surface area contributed by atoms with Crippen molar-refractivity contribution in [3.05, 3.63) is 0 Å². The third kappa shape index (κ3) is 7.59. The molecule has 3 rings (SSSR count). The molecular formula is C22H44N6O13. The Morgan fingerprint density at radius 1 is 0.854 bits per heavy atom. The number of amides is 2. The highest BCUT2D eigenvalue weighted by molar-refractivity contribution is 5.73. The van der Waals surface area contributed by atoms with Crippen molar-refractivity contribution in [1.82, 2.24) is 10.4 Å². The number of hydroxylamine groups is 2. The summed E-state index contributed by atoms with van der Waals surface area (Å²) in [5.74, 6) is 0. The second kappa shape index (κ2) is 14.9. The summed E-state index contributed by atoms with van der Waals surface area (Å²) >= 11 is 0. The second-order valence-electron chi connectivity index (χ2n) is 10.4. The molecule has 0 aromatic carbocycles. The summed E-state index contributed by atoms with van der Waals surface area (Å²) in [6.45, 7) is -0.826. The van der Waals surface area contributed by atoms with E-state index in [2.05, 4.69) is 5.32 Å². The van der Waals surface area contributed by atoms with Gasteiger partial charge in [-0.05, 0) is 19.4 Å². The molecule has 2 saturated heterocycles. The smallest absolute Gasteiger partial charge is 0.341 e. The number of hydrogen-bond donors (Lipinski definition) is 13. The second-order valence-corrected chi connectivity index (χ2v) is 10.4. The Morgan fingerprint density at radius 3 is 2.07 bits per heavy atom. The van der Waals surface area contributed by atoms with Gasteiger partial charge >= 0.3 is 6.03 Å². The fraction of sp³-hybridized carbons (Fsp3) is 0.955. The number of rotatable bonds is 10. The molecule has 0 bridgehead atoms. The van der Waals surface area contributed by atoms with E-state index in [0.29, 0.717) is 5.06 Å². The minimum absolute atomic E-state index is 0.107. The minimum atomic E-state index is -1.76. The number of nitrogens with zero attached hydrogens (tertiary/aromatic N) is 1. The van der Waals surface area contributed by atoms with Crippen LogP contribution < -0.4 is 28.3 Å². The Labute approximate surface area is 235 Å². The Hall–Kier alpha value is -1.37. The summed E-state index contributed by atoms with van der Waals surface area (Å²) in [5, 5.41) is 85.3. The first kappa shape index (κ1) is 34.1. The molecule has 2 amide bonds.